The lowest BCUT2D eigenvalue weighted by Gasteiger charge is -2.23. The van der Waals surface area contributed by atoms with Gasteiger partial charge in [0.2, 0.25) is 0 Å². The molecule has 1 aliphatic heterocycles. The number of ether oxygens (including phenoxy) is 1. The first-order valence-electron chi connectivity index (χ1n) is 5.89. The highest BCUT2D eigenvalue weighted by Gasteiger charge is 2.57. The van der Waals surface area contributed by atoms with Crippen molar-refractivity contribution < 1.29 is 38.8 Å². The van der Waals surface area contributed by atoms with Crippen molar-refractivity contribution in [1.29, 1.82) is 0 Å². The van der Waals surface area contributed by atoms with Gasteiger partial charge in [-0.1, -0.05) is 0 Å². The second-order valence-corrected chi connectivity index (χ2v) is 5.67. The van der Waals surface area contributed by atoms with Gasteiger partial charge in [-0.2, -0.15) is 0 Å². The Morgan fingerprint density at radius 3 is 2.39 bits per heavy atom. The maximum absolute atomic E-state index is 13.9. The Kier molecular flexibility index (Phi) is 5.95. The molecule has 0 aliphatic carbocycles. The molecule has 0 radical (unpaired) electrons. The van der Waals surface area contributed by atoms with E-state index in [9.17, 15) is 24.2 Å². The van der Waals surface area contributed by atoms with Crippen LogP contribution in [0.4, 0.5) is 4.39 Å². The van der Waals surface area contributed by atoms with Gasteiger partial charge in [0.15, 0.2) is 6.23 Å². The molecule has 23 heavy (non-hydrogen) atoms. The van der Waals surface area contributed by atoms with Crippen LogP contribution in [0.25, 0.3) is 0 Å². The molecule has 12 nitrogen and oxygen atoms in total. The summed E-state index contributed by atoms with van der Waals surface area (Å²) in [6, 6.07) is 0.930. The van der Waals surface area contributed by atoms with Crippen LogP contribution in [0.5, 0.6) is 0 Å². The highest BCUT2D eigenvalue weighted by Crippen LogP contribution is 2.38. The molecule has 1 aliphatic rings. The molecule has 8 N–H and O–H groups in total. The average molecular weight is 359 g/mol. The fourth-order valence-corrected chi connectivity index (χ4v) is 1.76. The van der Waals surface area contributed by atoms with Gasteiger partial charge in [0, 0.05) is 12.3 Å². The Morgan fingerprint density at radius 1 is 1.48 bits per heavy atom. The molecule has 0 amide bonds. The SMILES string of the molecule is NP(=O)(O)O.O=c1ccn([C@@H]2O[C@H](CO)[C@@H](O)[C@]2(O)F)c(=O)[nH]1. The molecule has 4 atom stereocenters. The summed E-state index contributed by atoms with van der Waals surface area (Å²) in [5.41, 5.74) is 2.32. The van der Waals surface area contributed by atoms with E-state index in [4.69, 9.17) is 24.2 Å². The Balaban J connectivity index is 0.000000463. The lowest BCUT2D eigenvalue weighted by Crippen LogP contribution is -2.45. The third-order valence-electron chi connectivity index (χ3n) is 2.70. The second kappa shape index (κ2) is 6.98. The van der Waals surface area contributed by atoms with Crippen molar-refractivity contribution >= 4 is 7.75 Å². The third kappa shape index (κ3) is 5.02. The van der Waals surface area contributed by atoms with Crippen molar-refractivity contribution in [2.45, 2.75) is 24.3 Å². The van der Waals surface area contributed by atoms with E-state index in [2.05, 4.69) is 5.50 Å². The van der Waals surface area contributed by atoms with Gasteiger partial charge < -0.3 is 29.8 Å². The van der Waals surface area contributed by atoms with Crippen LogP contribution in [0.2, 0.25) is 0 Å². The van der Waals surface area contributed by atoms with E-state index < -0.39 is 49.9 Å². The number of aliphatic hydroxyl groups excluding tert-OH is 2. The zero-order valence-corrected chi connectivity index (χ0v) is 12.2. The molecule has 0 aromatic carbocycles. The zero-order chi connectivity index (χ0) is 18.0. The lowest BCUT2D eigenvalue weighted by atomic mass is 10.1. The van der Waals surface area contributed by atoms with Gasteiger partial charge in [0.25, 0.3) is 11.4 Å². The van der Waals surface area contributed by atoms with Crippen molar-refractivity contribution in [3.8, 4) is 0 Å². The fraction of sp³-hybridized carbons (Fsp3) is 0.556. The molecule has 132 valence electrons. The zero-order valence-electron chi connectivity index (χ0n) is 11.3. The van der Waals surface area contributed by atoms with E-state index in [1.807, 2.05) is 4.98 Å². The maximum Gasteiger partial charge on any atom is 0.397 e. The smallest absolute Gasteiger partial charge is 0.394 e. The molecule has 2 heterocycles. The quantitative estimate of drug-likeness (QED) is 0.259. The number of hydrogen-bond acceptors (Lipinski definition) is 7. The standard InChI is InChI=1S/C9H11FN2O6.H4NO3P/c10-9(17)6(15)4(3-13)18-7(9)12-2-1-5(14)11-8(12)16;1-5(2,3)4/h1-2,4,6-7,13,15,17H,3H2,(H,11,14,16);(H4,1,2,3,4)/t4-,6-,7-,9-;/m1./s1. The van der Waals surface area contributed by atoms with Gasteiger partial charge in [-0.05, 0) is 0 Å². The first-order chi connectivity index (χ1) is 10.4. The normalized spacial score (nSPS) is 30.7. The number of alkyl halides is 1. The van der Waals surface area contributed by atoms with Crippen LogP contribution in [0.15, 0.2) is 21.9 Å². The number of aliphatic hydroxyl groups is 3. The first kappa shape index (κ1) is 19.6. The van der Waals surface area contributed by atoms with E-state index in [0.717, 1.165) is 12.3 Å². The first-order valence-corrected chi connectivity index (χ1v) is 7.57. The summed E-state index contributed by atoms with van der Waals surface area (Å²) in [6.45, 7) is -0.734. The molecule has 2 rings (SSSR count). The lowest BCUT2D eigenvalue weighted by molar-refractivity contribution is -0.197. The minimum absolute atomic E-state index is 0.584. The summed E-state index contributed by atoms with van der Waals surface area (Å²) in [5.74, 6) is -3.25. The number of halogens is 1. The van der Waals surface area contributed by atoms with Crippen LogP contribution in [0, 0.1) is 0 Å². The number of aromatic nitrogens is 2. The third-order valence-corrected chi connectivity index (χ3v) is 2.70. The van der Waals surface area contributed by atoms with Gasteiger partial charge >= 0.3 is 13.4 Å². The van der Waals surface area contributed by atoms with Gasteiger partial charge in [-0.25, -0.2) is 19.3 Å². The summed E-state index contributed by atoms with van der Waals surface area (Å²) in [6.07, 6.45) is -4.31. The number of nitrogens with one attached hydrogen (secondary N) is 1. The fourth-order valence-electron chi connectivity index (χ4n) is 1.76. The van der Waals surface area contributed by atoms with Gasteiger partial charge in [0.05, 0.1) is 6.61 Å². The van der Waals surface area contributed by atoms with Crippen molar-refractivity contribution in [3.05, 3.63) is 33.1 Å². The minimum atomic E-state index is -4.14. The van der Waals surface area contributed by atoms with Crippen LogP contribution >= 0.6 is 7.75 Å². The van der Waals surface area contributed by atoms with Crippen LogP contribution in [0.3, 0.4) is 0 Å². The Bertz CT molecular complexity index is 690. The van der Waals surface area contributed by atoms with E-state index in [1.165, 1.54) is 0 Å². The number of nitrogens with two attached hydrogens (primary N) is 1. The summed E-state index contributed by atoms with van der Waals surface area (Å²) in [4.78, 5) is 38.9. The van der Waals surface area contributed by atoms with E-state index in [1.54, 1.807) is 0 Å². The summed E-state index contributed by atoms with van der Waals surface area (Å²) >= 11 is 0. The molecule has 1 fully saturated rings. The Hall–Kier alpha value is -1.44. The van der Waals surface area contributed by atoms with E-state index >= 15 is 0 Å². The number of aromatic amines is 1. The van der Waals surface area contributed by atoms with Crippen LogP contribution in [-0.4, -0.2) is 59.3 Å². The highest BCUT2D eigenvalue weighted by molar-refractivity contribution is 7.49. The second-order valence-electron chi connectivity index (χ2n) is 4.49. The van der Waals surface area contributed by atoms with Gasteiger partial charge in [0.1, 0.15) is 12.2 Å². The number of nitrogens with zero attached hydrogens (tertiary/aromatic N) is 1. The molecule has 0 saturated carbocycles. The molecule has 0 bridgehead atoms. The van der Waals surface area contributed by atoms with Gasteiger partial charge in [-0.3, -0.25) is 14.3 Å². The summed E-state index contributed by atoms with van der Waals surface area (Å²) in [7, 11) is -4.14. The molecule has 1 aromatic heterocycles. The monoisotopic (exact) mass is 359 g/mol. The molecule has 1 saturated heterocycles. The van der Waals surface area contributed by atoms with Crippen LogP contribution in [-0.2, 0) is 9.30 Å². The number of rotatable bonds is 2. The van der Waals surface area contributed by atoms with Crippen molar-refractivity contribution in [1.82, 2.24) is 9.55 Å². The molecular formula is C9H15FN3O9P. The Morgan fingerprint density at radius 2 is 2.00 bits per heavy atom. The summed E-state index contributed by atoms with van der Waals surface area (Å²) < 4.78 is 28.4. The average Bonchev–Trinajstić information content (AvgIpc) is 2.60. The topological polar surface area (TPSA) is 208 Å². The van der Waals surface area contributed by atoms with Crippen molar-refractivity contribution in [2.24, 2.45) is 5.50 Å². The van der Waals surface area contributed by atoms with Crippen LogP contribution in [0.1, 0.15) is 6.23 Å². The van der Waals surface area contributed by atoms with E-state index in [0.29, 0.717) is 4.57 Å². The van der Waals surface area contributed by atoms with Gasteiger partial charge in [-0.15, -0.1) is 0 Å². The number of hydrogen-bond donors (Lipinski definition) is 7. The van der Waals surface area contributed by atoms with Crippen molar-refractivity contribution in [2.75, 3.05) is 6.61 Å². The molecule has 0 unspecified atom stereocenters. The highest BCUT2D eigenvalue weighted by atomic mass is 31.2. The van der Waals surface area contributed by atoms with E-state index in [-0.39, 0.29) is 0 Å². The summed E-state index contributed by atoms with van der Waals surface area (Å²) in [5, 5.41) is 27.7. The molecule has 0 spiro atoms. The molecular weight excluding hydrogens is 344 g/mol. The van der Waals surface area contributed by atoms with Crippen molar-refractivity contribution in [3.63, 3.8) is 0 Å². The number of H-pyrrole nitrogens is 1. The largest absolute Gasteiger partial charge is 0.397 e. The Labute approximate surface area is 126 Å². The predicted molar refractivity (Wildman–Crippen MR) is 70.6 cm³/mol. The molecule has 14 heteroatoms. The maximum atomic E-state index is 13.9. The minimum Gasteiger partial charge on any atom is -0.394 e. The molecule has 1 aromatic rings. The van der Waals surface area contributed by atoms with Crippen LogP contribution < -0.4 is 16.8 Å². The predicted octanol–water partition coefficient (Wildman–Crippen LogP) is -3.52.